The molecule has 0 heterocycles. The predicted molar refractivity (Wildman–Crippen MR) is 79.3 cm³/mol. The van der Waals surface area contributed by atoms with E-state index in [2.05, 4.69) is 47.2 Å². The fourth-order valence-electron chi connectivity index (χ4n) is 1.56. The van der Waals surface area contributed by atoms with E-state index >= 15 is 0 Å². The molecule has 0 aromatic carbocycles. The fourth-order valence-corrected chi connectivity index (χ4v) is 1.96. The van der Waals surface area contributed by atoms with Crippen molar-refractivity contribution in [1.29, 1.82) is 0 Å². The summed E-state index contributed by atoms with van der Waals surface area (Å²) < 4.78 is 0. The molecule has 0 rings (SSSR count). The molecule has 0 nitrogen and oxygen atoms in total. The van der Waals surface area contributed by atoms with E-state index in [0.29, 0.717) is 0 Å². The van der Waals surface area contributed by atoms with Crippen LogP contribution >= 0.6 is 15.9 Å². The summed E-state index contributed by atoms with van der Waals surface area (Å²) in [6, 6.07) is 0. The summed E-state index contributed by atoms with van der Waals surface area (Å²) in [4.78, 5) is 0. The molecule has 94 valence electrons. The molecule has 0 atom stereocenters. The summed E-state index contributed by atoms with van der Waals surface area (Å²) in [5, 5.41) is 1.16. The van der Waals surface area contributed by atoms with Crippen LogP contribution in [-0.2, 0) is 0 Å². The maximum absolute atomic E-state index is 3.46. The molecule has 0 aromatic heterocycles. The van der Waals surface area contributed by atoms with Gasteiger partial charge in [0.1, 0.15) is 0 Å². The van der Waals surface area contributed by atoms with E-state index in [1.807, 2.05) is 0 Å². The van der Waals surface area contributed by atoms with Crippen molar-refractivity contribution < 1.29 is 0 Å². The SMILES string of the molecule is CCCC/C=C/C=C\CCCCCCCBr. The second-order valence-corrected chi connectivity index (χ2v) is 5.04. The molecule has 0 N–H and O–H groups in total. The van der Waals surface area contributed by atoms with Crippen molar-refractivity contribution in [3.05, 3.63) is 24.3 Å². The largest absolute Gasteiger partial charge is 0.0928 e. The van der Waals surface area contributed by atoms with Gasteiger partial charge in [-0.3, -0.25) is 0 Å². The first-order chi connectivity index (χ1) is 7.91. The third-order valence-corrected chi connectivity index (χ3v) is 3.17. The van der Waals surface area contributed by atoms with Crippen LogP contribution in [0.25, 0.3) is 0 Å². The normalized spacial score (nSPS) is 11.9. The molecule has 0 bridgehead atoms. The lowest BCUT2D eigenvalue weighted by Gasteiger charge is -1.96. The Morgan fingerprint density at radius 2 is 1.31 bits per heavy atom. The molecule has 0 spiro atoms. The van der Waals surface area contributed by atoms with Gasteiger partial charge in [0.2, 0.25) is 0 Å². The van der Waals surface area contributed by atoms with Crippen LogP contribution < -0.4 is 0 Å². The summed E-state index contributed by atoms with van der Waals surface area (Å²) >= 11 is 3.46. The van der Waals surface area contributed by atoms with Gasteiger partial charge in [0.15, 0.2) is 0 Å². The number of hydrogen-bond donors (Lipinski definition) is 0. The highest BCUT2D eigenvalue weighted by Gasteiger charge is 1.87. The van der Waals surface area contributed by atoms with Crippen molar-refractivity contribution >= 4 is 15.9 Å². The van der Waals surface area contributed by atoms with Gasteiger partial charge in [0.25, 0.3) is 0 Å². The predicted octanol–water partition coefficient (Wildman–Crippen LogP) is 6.02. The van der Waals surface area contributed by atoms with Gasteiger partial charge in [0, 0.05) is 5.33 Å². The average molecular weight is 287 g/mol. The highest BCUT2D eigenvalue weighted by Crippen LogP contribution is 2.06. The first-order valence-electron chi connectivity index (χ1n) is 6.79. The molecular formula is C15H27Br. The topological polar surface area (TPSA) is 0 Å². The van der Waals surface area contributed by atoms with Crippen LogP contribution in [0.4, 0.5) is 0 Å². The zero-order valence-corrected chi connectivity index (χ0v) is 12.3. The monoisotopic (exact) mass is 286 g/mol. The van der Waals surface area contributed by atoms with E-state index in [1.165, 1.54) is 57.8 Å². The molecule has 0 fully saturated rings. The van der Waals surface area contributed by atoms with E-state index in [4.69, 9.17) is 0 Å². The Morgan fingerprint density at radius 3 is 1.94 bits per heavy atom. The maximum atomic E-state index is 3.46. The Hall–Kier alpha value is -0.0400. The van der Waals surface area contributed by atoms with E-state index in [9.17, 15) is 0 Å². The molecule has 0 aliphatic carbocycles. The minimum absolute atomic E-state index is 1.16. The first kappa shape index (κ1) is 16.0. The van der Waals surface area contributed by atoms with E-state index in [0.717, 1.165) is 5.33 Å². The molecule has 0 aliphatic rings. The molecule has 0 unspecified atom stereocenters. The van der Waals surface area contributed by atoms with E-state index in [-0.39, 0.29) is 0 Å². The van der Waals surface area contributed by atoms with Crippen molar-refractivity contribution in [3.63, 3.8) is 0 Å². The standard InChI is InChI=1S/C15H27Br/c1-2-3-4-5-6-7-8-9-10-11-12-13-14-15-16/h5-8H,2-4,9-15H2,1H3/b6-5+,8-7-. The molecule has 0 aromatic rings. The van der Waals surface area contributed by atoms with Crippen LogP contribution in [0.1, 0.15) is 64.7 Å². The zero-order valence-electron chi connectivity index (χ0n) is 10.8. The number of halogens is 1. The summed E-state index contributed by atoms with van der Waals surface area (Å²) in [5.74, 6) is 0. The second-order valence-electron chi connectivity index (χ2n) is 4.24. The minimum Gasteiger partial charge on any atom is -0.0928 e. The lowest BCUT2D eigenvalue weighted by Crippen LogP contribution is -1.78. The third kappa shape index (κ3) is 14.0. The number of allylic oxidation sites excluding steroid dienone is 4. The summed E-state index contributed by atoms with van der Waals surface area (Å²) in [6.45, 7) is 2.24. The Kier molecular flexibility index (Phi) is 14.9. The molecule has 0 radical (unpaired) electrons. The quantitative estimate of drug-likeness (QED) is 0.247. The van der Waals surface area contributed by atoms with Gasteiger partial charge in [-0.1, -0.05) is 79.3 Å². The van der Waals surface area contributed by atoms with Gasteiger partial charge in [-0.15, -0.1) is 0 Å². The van der Waals surface area contributed by atoms with Crippen LogP contribution in [0.3, 0.4) is 0 Å². The van der Waals surface area contributed by atoms with Crippen molar-refractivity contribution in [3.8, 4) is 0 Å². The number of rotatable bonds is 11. The molecule has 0 saturated heterocycles. The van der Waals surface area contributed by atoms with Gasteiger partial charge in [0.05, 0.1) is 0 Å². The highest BCUT2D eigenvalue weighted by molar-refractivity contribution is 9.09. The van der Waals surface area contributed by atoms with Gasteiger partial charge in [-0.05, 0) is 25.7 Å². The average Bonchev–Trinajstić information content (AvgIpc) is 2.31. The Labute approximate surface area is 110 Å². The number of hydrogen-bond acceptors (Lipinski definition) is 0. The molecule has 1 heteroatoms. The molecular weight excluding hydrogens is 260 g/mol. The molecule has 16 heavy (non-hydrogen) atoms. The van der Waals surface area contributed by atoms with Crippen LogP contribution in [0.15, 0.2) is 24.3 Å². The van der Waals surface area contributed by atoms with Crippen LogP contribution in [0.5, 0.6) is 0 Å². The van der Waals surface area contributed by atoms with Gasteiger partial charge < -0.3 is 0 Å². The third-order valence-electron chi connectivity index (χ3n) is 2.61. The smallest absolute Gasteiger partial charge is 0.00313 e. The Balaban J connectivity index is 3.12. The van der Waals surface area contributed by atoms with Crippen molar-refractivity contribution in [2.75, 3.05) is 5.33 Å². The summed E-state index contributed by atoms with van der Waals surface area (Å²) in [7, 11) is 0. The molecule has 0 amide bonds. The lowest BCUT2D eigenvalue weighted by molar-refractivity contribution is 0.641. The molecule has 0 saturated carbocycles. The van der Waals surface area contributed by atoms with E-state index in [1.54, 1.807) is 0 Å². The molecule has 0 aliphatic heterocycles. The summed E-state index contributed by atoms with van der Waals surface area (Å²) in [5.41, 5.74) is 0. The van der Waals surface area contributed by atoms with Gasteiger partial charge in [-0.25, -0.2) is 0 Å². The van der Waals surface area contributed by atoms with Crippen LogP contribution in [0.2, 0.25) is 0 Å². The fraction of sp³-hybridized carbons (Fsp3) is 0.733. The van der Waals surface area contributed by atoms with Gasteiger partial charge >= 0.3 is 0 Å². The van der Waals surface area contributed by atoms with Gasteiger partial charge in [-0.2, -0.15) is 0 Å². The van der Waals surface area contributed by atoms with Crippen LogP contribution in [0, 0.1) is 0 Å². The minimum atomic E-state index is 1.16. The lowest BCUT2D eigenvalue weighted by atomic mass is 10.1. The maximum Gasteiger partial charge on any atom is 0.00313 e. The number of alkyl halides is 1. The Morgan fingerprint density at radius 1 is 0.750 bits per heavy atom. The highest BCUT2D eigenvalue weighted by atomic mass is 79.9. The van der Waals surface area contributed by atoms with Crippen LogP contribution in [-0.4, -0.2) is 5.33 Å². The second kappa shape index (κ2) is 15.0. The first-order valence-corrected chi connectivity index (χ1v) is 7.91. The van der Waals surface area contributed by atoms with E-state index < -0.39 is 0 Å². The summed E-state index contributed by atoms with van der Waals surface area (Å²) in [6.07, 6.45) is 20.9. The van der Waals surface area contributed by atoms with Crippen molar-refractivity contribution in [1.82, 2.24) is 0 Å². The van der Waals surface area contributed by atoms with Crippen molar-refractivity contribution in [2.45, 2.75) is 64.7 Å². The zero-order chi connectivity index (χ0) is 11.9. The van der Waals surface area contributed by atoms with Crippen molar-refractivity contribution in [2.24, 2.45) is 0 Å². The number of unbranched alkanes of at least 4 members (excludes halogenated alkanes) is 7. The Bertz CT molecular complexity index is 170.